The number of methoxy groups -OCH3 is 1. The fourth-order valence-electron chi connectivity index (χ4n) is 0.367. The summed E-state index contributed by atoms with van der Waals surface area (Å²) in [6, 6.07) is 0. The van der Waals surface area contributed by atoms with E-state index in [1.165, 1.54) is 0 Å². The number of ketones is 1. The maximum atomic E-state index is 10.5. The molecule has 0 aliphatic rings. The monoisotopic (exact) mass is 116 g/mol. The summed E-state index contributed by atoms with van der Waals surface area (Å²) in [5.74, 6) is 0.242. The maximum absolute atomic E-state index is 10.5. The van der Waals surface area contributed by atoms with Crippen molar-refractivity contribution in [3.8, 4) is 0 Å². The van der Waals surface area contributed by atoms with Gasteiger partial charge in [-0.05, 0) is 6.92 Å². The third-order valence-corrected chi connectivity index (χ3v) is 1.11. The molecule has 48 valence electrons. The number of ether oxygens (including phenoxy) is 1. The molecule has 0 aromatic heterocycles. The van der Waals surface area contributed by atoms with E-state index in [-0.39, 0.29) is 11.7 Å². The molecule has 1 atom stereocenters. The molecular weight excluding hydrogens is 104 g/mol. The molecule has 0 heterocycles. The van der Waals surface area contributed by atoms with Gasteiger partial charge in [0.25, 0.3) is 0 Å². The summed E-state index contributed by atoms with van der Waals surface area (Å²) in [6.45, 7) is 3.96. The van der Waals surface area contributed by atoms with Gasteiger partial charge >= 0.3 is 0 Å². The topological polar surface area (TPSA) is 26.3 Å². The van der Waals surface area contributed by atoms with Crippen molar-refractivity contribution < 1.29 is 9.53 Å². The zero-order valence-electron chi connectivity index (χ0n) is 5.60. The normalized spacial score (nSPS) is 13.4. The van der Waals surface area contributed by atoms with Crippen LogP contribution in [0.25, 0.3) is 0 Å². The number of hydrogen-bond donors (Lipinski definition) is 0. The highest BCUT2D eigenvalue weighted by Gasteiger charge is 2.04. The first-order chi connectivity index (χ1) is 3.68. The van der Waals surface area contributed by atoms with E-state index in [1.54, 1.807) is 14.0 Å². The Morgan fingerprint density at radius 2 is 2.25 bits per heavy atom. The molecule has 0 aromatic rings. The minimum atomic E-state index is 0.0556. The predicted molar refractivity (Wildman–Crippen MR) is 31.7 cm³/mol. The molecule has 0 radical (unpaired) electrons. The second kappa shape index (κ2) is 3.61. The van der Waals surface area contributed by atoms with Crippen molar-refractivity contribution in [2.45, 2.75) is 13.8 Å². The lowest BCUT2D eigenvalue weighted by Gasteiger charge is -2.02. The van der Waals surface area contributed by atoms with Crippen LogP contribution >= 0.6 is 0 Å². The van der Waals surface area contributed by atoms with Gasteiger partial charge in [-0.15, -0.1) is 0 Å². The first-order valence-electron chi connectivity index (χ1n) is 2.68. The SMILES string of the molecule is COC[C@H](C)C(C)=O. The number of carbonyl (C=O) groups excluding carboxylic acids is 1. The fourth-order valence-corrected chi connectivity index (χ4v) is 0.367. The minimum Gasteiger partial charge on any atom is -0.384 e. The Kier molecular flexibility index (Phi) is 3.44. The van der Waals surface area contributed by atoms with Crippen LogP contribution in [-0.4, -0.2) is 19.5 Å². The maximum Gasteiger partial charge on any atom is 0.134 e. The Morgan fingerprint density at radius 3 is 2.38 bits per heavy atom. The van der Waals surface area contributed by atoms with Crippen molar-refractivity contribution in [1.82, 2.24) is 0 Å². The number of rotatable bonds is 3. The summed E-state index contributed by atoms with van der Waals surface area (Å²) in [5, 5.41) is 0. The van der Waals surface area contributed by atoms with Crippen LogP contribution in [0.5, 0.6) is 0 Å². The Balaban J connectivity index is 3.32. The van der Waals surface area contributed by atoms with Gasteiger partial charge in [-0.1, -0.05) is 6.92 Å². The molecule has 2 heteroatoms. The van der Waals surface area contributed by atoms with Gasteiger partial charge in [-0.3, -0.25) is 4.79 Å². The quantitative estimate of drug-likeness (QED) is 0.546. The molecule has 8 heavy (non-hydrogen) atoms. The van der Waals surface area contributed by atoms with Gasteiger partial charge in [-0.2, -0.15) is 0 Å². The molecule has 0 unspecified atom stereocenters. The number of Topliss-reactive ketones (excluding diaryl/α,β-unsaturated/α-hetero) is 1. The fraction of sp³-hybridized carbons (Fsp3) is 0.833. The molecule has 0 aliphatic heterocycles. The Bertz CT molecular complexity index is 78.6. The highest BCUT2D eigenvalue weighted by Crippen LogP contribution is 1.94. The van der Waals surface area contributed by atoms with Gasteiger partial charge in [0, 0.05) is 13.0 Å². The van der Waals surface area contributed by atoms with E-state index in [0.717, 1.165) is 0 Å². The third-order valence-electron chi connectivity index (χ3n) is 1.11. The molecular formula is C6H12O2. The number of hydrogen-bond acceptors (Lipinski definition) is 2. The van der Waals surface area contributed by atoms with Gasteiger partial charge in [0.2, 0.25) is 0 Å². The van der Waals surface area contributed by atoms with Crippen molar-refractivity contribution in [1.29, 1.82) is 0 Å². The van der Waals surface area contributed by atoms with Crippen LogP contribution in [0.1, 0.15) is 13.8 Å². The predicted octanol–water partition coefficient (Wildman–Crippen LogP) is 0.858. The van der Waals surface area contributed by atoms with Crippen LogP contribution in [0.15, 0.2) is 0 Å². The summed E-state index contributed by atoms with van der Waals surface area (Å²) < 4.78 is 4.74. The molecule has 2 nitrogen and oxygen atoms in total. The summed E-state index contributed by atoms with van der Waals surface area (Å²) in [6.07, 6.45) is 0. The lowest BCUT2D eigenvalue weighted by molar-refractivity contribution is -0.121. The van der Waals surface area contributed by atoms with Crippen molar-refractivity contribution in [3.63, 3.8) is 0 Å². The molecule has 0 N–H and O–H groups in total. The van der Waals surface area contributed by atoms with E-state index in [9.17, 15) is 4.79 Å². The summed E-state index contributed by atoms with van der Waals surface area (Å²) >= 11 is 0. The molecule has 0 spiro atoms. The molecule has 0 rings (SSSR count). The molecule has 0 aromatic carbocycles. The zero-order valence-corrected chi connectivity index (χ0v) is 5.60. The van der Waals surface area contributed by atoms with E-state index in [1.807, 2.05) is 6.92 Å². The van der Waals surface area contributed by atoms with Crippen molar-refractivity contribution >= 4 is 5.78 Å². The Hall–Kier alpha value is -0.370. The zero-order chi connectivity index (χ0) is 6.57. The summed E-state index contributed by atoms with van der Waals surface area (Å²) in [4.78, 5) is 10.5. The first-order valence-corrected chi connectivity index (χ1v) is 2.68. The van der Waals surface area contributed by atoms with Crippen molar-refractivity contribution in [2.24, 2.45) is 5.92 Å². The van der Waals surface area contributed by atoms with E-state index >= 15 is 0 Å². The molecule has 0 aliphatic carbocycles. The van der Waals surface area contributed by atoms with Crippen molar-refractivity contribution in [3.05, 3.63) is 0 Å². The lowest BCUT2D eigenvalue weighted by atomic mass is 10.1. The lowest BCUT2D eigenvalue weighted by Crippen LogP contribution is -2.11. The average molecular weight is 116 g/mol. The van der Waals surface area contributed by atoms with Crippen LogP contribution < -0.4 is 0 Å². The van der Waals surface area contributed by atoms with Gasteiger partial charge in [-0.25, -0.2) is 0 Å². The summed E-state index contributed by atoms with van der Waals surface area (Å²) in [5.41, 5.74) is 0. The van der Waals surface area contributed by atoms with E-state index in [0.29, 0.717) is 6.61 Å². The van der Waals surface area contributed by atoms with Gasteiger partial charge in [0.15, 0.2) is 0 Å². The van der Waals surface area contributed by atoms with Crippen LogP contribution in [-0.2, 0) is 9.53 Å². The van der Waals surface area contributed by atoms with Gasteiger partial charge in [0.05, 0.1) is 6.61 Å². The van der Waals surface area contributed by atoms with Crippen LogP contribution in [0, 0.1) is 5.92 Å². The van der Waals surface area contributed by atoms with E-state index < -0.39 is 0 Å². The largest absolute Gasteiger partial charge is 0.384 e. The Morgan fingerprint density at radius 1 is 1.75 bits per heavy atom. The van der Waals surface area contributed by atoms with Crippen LogP contribution in [0.2, 0.25) is 0 Å². The highest BCUT2D eigenvalue weighted by atomic mass is 16.5. The molecule has 0 saturated carbocycles. The third kappa shape index (κ3) is 2.75. The minimum absolute atomic E-state index is 0.0556. The van der Waals surface area contributed by atoms with Crippen LogP contribution in [0.3, 0.4) is 0 Å². The van der Waals surface area contributed by atoms with Crippen molar-refractivity contribution in [2.75, 3.05) is 13.7 Å². The van der Waals surface area contributed by atoms with Crippen LogP contribution in [0.4, 0.5) is 0 Å². The second-order valence-corrected chi connectivity index (χ2v) is 1.97. The smallest absolute Gasteiger partial charge is 0.134 e. The molecule has 0 fully saturated rings. The molecule has 0 amide bonds. The number of carbonyl (C=O) groups is 1. The average Bonchev–Trinajstić information content (AvgIpc) is 1.67. The highest BCUT2D eigenvalue weighted by molar-refractivity contribution is 5.77. The second-order valence-electron chi connectivity index (χ2n) is 1.97. The first kappa shape index (κ1) is 7.63. The molecule has 0 saturated heterocycles. The van der Waals surface area contributed by atoms with E-state index in [4.69, 9.17) is 4.74 Å². The Labute approximate surface area is 49.8 Å². The van der Waals surface area contributed by atoms with Gasteiger partial charge in [0.1, 0.15) is 5.78 Å². The summed E-state index contributed by atoms with van der Waals surface area (Å²) in [7, 11) is 1.60. The van der Waals surface area contributed by atoms with Gasteiger partial charge < -0.3 is 4.74 Å². The van der Waals surface area contributed by atoms with E-state index in [2.05, 4.69) is 0 Å². The standard InChI is InChI=1S/C6H12O2/c1-5(4-8-3)6(2)7/h5H,4H2,1-3H3/t5-/m0/s1. The molecule has 0 bridgehead atoms.